The molecule has 0 aliphatic rings. The van der Waals surface area contributed by atoms with Crippen molar-refractivity contribution in [1.29, 1.82) is 0 Å². The minimum absolute atomic E-state index is 0.449. The molecule has 1 aromatic carbocycles. The number of hydrogen-bond acceptors (Lipinski definition) is 4. The Kier molecular flexibility index (Phi) is 5.56. The first-order valence-electron chi connectivity index (χ1n) is 7.07. The van der Waals surface area contributed by atoms with Crippen molar-refractivity contribution in [2.24, 2.45) is 0 Å². The Bertz CT molecular complexity index is 523. The Labute approximate surface area is 125 Å². The zero-order valence-electron chi connectivity index (χ0n) is 12.3. The van der Waals surface area contributed by atoms with Gasteiger partial charge in [0.2, 0.25) is 0 Å². The number of nitrogens with one attached hydrogen (secondary N) is 1. The normalized spacial score (nSPS) is 11.0. The molecule has 0 saturated carbocycles. The minimum atomic E-state index is 0.449. The van der Waals surface area contributed by atoms with E-state index in [1.54, 1.807) is 11.3 Å². The van der Waals surface area contributed by atoms with Gasteiger partial charge in [-0.15, -0.1) is 11.3 Å². The third-order valence-corrected chi connectivity index (χ3v) is 4.00. The van der Waals surface area contributed by atoms with Crippen molar-refractivity contribution in [3.63, 3.8) is 0 Å². The van der Waals surface area contributed by atoms with E-state index in [1.165, 1.54) is 10.6 Å². The lowest BCUT2D eigenvalue weighted by Gasteiger charge is -2.04. The van der Waals surface area contributed by atoms with Crippen LogP contribution in [0.1, 0.15) is 42.3 Å². The number of benzene rings is 1. The van der Waals surface area contributed by atoms with Crippen LogP contribution in [0, 0.1) is 0 Å². The van der Waals surface area contributed by atoms with Crippen LogP contribution in [0.25, 0.3) is 0 Å². The van der Waals surface area contributed by atoms with E-state index in [-0.39, 0.29) is 0 Å². The molecule has 0 aliphatic heterocycles. The smallest absolute Gasteiger partial charge is 0.140 e. The monoisotopic (exact) mass is 290 g/mol. The minimum Gasteiger partial charge on any atom is -0.486 e. The molecule has 3 nitrogen and oxygen atoms in total. The fourth-order valence-corrected chi connectivity index (χ4v) is 3.06. The zero-order chi connectivity index (χ0) is 14.4. The van der Waals surface area contributed by atoms with Gasteiger partial charge in [-0.3, -0.25) is 0 Å². The van der Waals surface area contributed by atoms with Gasteiger partial charge < -0.3 is 10.1 Å². The van der Waals surface area contributed by atoms with E-state index in [2.05, 4.69) is 26.1 Å². The second-order valence-electron chi connectivity index (χ2n) is 4.95. The lowest BCUT2D eigenvalue weighted by molar-refractivity contribution is 0.305. The van der Waals surface area contributed by atoms with E-state index >= 15 is 0 Å². The van der Waals surface area contributed by atoms with Crippen LogP contribution in [0.2, 0.25) is 0 Å². The topological polar surface area (TPSA) is 34.1 Å². The molecule has 20 heavy (non-hydrogen) atoms. The van der Waals surface area contributed by atoms with E-state index in [1.807, 2.05) is 30.3 Å². The Morgan fingerprint density at radius 3 is 2.65 bits per heavy atom. The summed E-state index contributed by atoms with van der Waals surface area (Å²) in [5, 5.41) is 4.42. The van der Waals surface area contributed by atoms with Crippen molar-refractivity contribution in [2.75, 3.05) is 6.54 Å². The highest BCUT2D eigenvalue weighted by Gasteiger charge is 2.14. The maximum atomic E-state index is 5.77. The van der Waals surface area contributed by atoms with Crippen LogP contribution in [0.4, 0.5) is 0 Å². The lowest BCUT2D eigenvalue weighted by Crippen LogP contribution is -2.12. The lowest BCUT2D eigenvalue weighted by atomic mass is 10.1. The van der Waals surface area contributed by atoms with Gasteiger partial charge in [0.15, 0.2) is 0 Å². The Morgan fingerprint density at radius 1 is 1.25 bits per heavy atom. The van der Waals surface area contributed by atoms with Crippen molar-refractivity contribution >= 4 is 11.3 Å². The molecule has 0 spiro atoms. The molecule has 1 N–H and O–H groups in total. The summed E-state index contributed by atoms with van der Waals surface area (Å²) in [5.41, 5.74) is 1.20. The van der Waals surface area contributed by atoms with Gasteiger partial charge in [0.1, 0.15) is 17.4 Å². The average molecular weight is 290 g/mol. The Morgan fingerprint density at radius 2 is 2.00 bits per heavy atom. The predicted molar refractivity (Wildman–Crippen MR) is 84.4 cm³/mol. The maximum Gasteiger partial charge on any atom is 0.140 e. The summed E-state index contributed by atoms with van der Waals surface area (Å²) in [6.07, 6.45) is 0. The molecular weight excluding hydrogens is 268 g/mol. The summed E-state index contributed by atoms with van der Waals surface area (Å²) in [7, 11) is 0. The van der Waals surface area contributed by atoms with Crippen LogP contribution in [-0.2, 0) is 13.2 Å². The van der Waals surface area contributed by atoms with Crippen molar-refractivity contribution in [3.8, 4) is 5.75 Å². The van der Waals surface area contributed by atoms with Crippen LogP contribution in [0.15, 0.2) is 30.3 Å². The molecule has 1 heterocycles. The van der Waals surface area contributed by atoms with Crippen LogP contribution >= 0.6 is 11.3 Å². The SMILES string of the molecule is CCNCc1sc(COc2ccccc2)nc1C(C)C. The highest BCUT2D eigenvalue weighted by Crippen LogP contribution is 2.26. The summed E-state index contributed by atoms with van der Waals surface area (Å²) in [6.45, 7) is 8.91. The summed E-state index contributed by atoms with van der Waals surface area (Å²) in [4.78, 5) is 6.06. The molecular formula is C16H22N2OS. The number of rotatable bonds is 7. The molecule has 0 fully saturated rings. The molecule has 0 unspecified atom stereocenters. The number of ether oxygens (including phenoxy) is 1. The molecule has 2 aromatic rings. The summed E-state index contributed by atoms with van der Waals surface area (Å²) >= 11 is 1.75. The van der Waals surface area contributed by atoms with Gasteiger partial charge in [0, 0.05) is 11.4 Å². The van der Waals surface area contributed by atoms with E-state index in [0.29, 0.717) is 12.5 Å². The molecule has 0 radical (unpaired) electrons. The van der Waals surface area contributed by atoms with Crippen molar-refractivity contribution in [3.05, 3.63) is 45.9 Å². The quantitative estimate of drug-likeness (QED) is 0.838. The molecule has 4 heteroatoms. The van der Waals surface area contributed by atoms with E-state index in [4.69, 9.17) is 9.72 Å². The van der Waals surface area contributed by atoms with Gasteiger partial charge in [-0.05, 0) is 24.6 Å². The fraction of sp³-hybridized carbons (Fsp3) is 0.438. The number of nitrogens with zero attached hydrogens (tertiary/aromatic N) is 1. The van der Waals surface area contributed by atoms with Crippen LogP contribution in [0.5, 0.6) is 5.75 Å². The molecule has 0 bridgehead atoms. The van der Waals surface area contributed by atoms with Crippen molar-refractivity contribution < 1.29 is 4.74 Å². The number of hydrogen-bond donors (Lipinski definition) is 1. The maximum absolute atomic E-state index is 5.77. The first-order valence-corrected chi connectivity index (χ1v) is 7.89. The molecule has 2 rings (SSSR count). The number of thiazole rings is 1. The van der Waals surface area contributed by atoms with E-state index in [9.17, 15) is 0 Å². The van der Waals surface area contributed by atoms with Crippen molar-refractivity contribution in [2.45, 2.75) is 39.8 Å². The van der Waals surface area contributed by atoms with Gasteiger partial charge in [0.05, 0.1) is 5.69 Å². The van der Waals surface area contributed by atoms with Crippen LogP contribution in [-0.4, -0.2) is 11.5 Å². The van der Waals surface area contributed by atoms with Gasteiger partial charge >= 0.3 is 0 Å². The molecule has 108 valence electrons. The van der Waals surface area contributed by atoms with Gasteiger partial charge in [-0.2, -0.15) is 0 Å². The Balaban J connectivity index is 2.04. The molecule has 0 saturated heterocycles. The highest BCUT2D eigenvalue weighted by molar-refractivity contribution is 7.11. The molecule has 0 atom stereocenters. The first-order chi connectivity index (χ1) is 9.70. The molecule has 0 amide bonds. The number of aromatic nitrogens is 1. The van der Waals surface area contributed by atoms with E-state index in [0.717, 1.165) is 23.8 Å². The third kappa shape index (κ3) is 4.05. The third-order valence-electron chi connectivity index (χ3n) is 2.96. The number of para-hydroxylation sites is 1. The highest BCUT2D eigenvalue weighted by atomic mass is 32.1. The fourth-order valence-electron chi connectivity index (χ4n) is 1.95. The Hall–Kier alpha value is -1.39. The second kappa shape index (κ2) is 7.41. The van der Waals surface area contributed by atoms with Crippen LogP contribution < -0.4 is 10.1 Å². The van der Waals surface area contributed by atoms with Crippen LogP contribution in [0.3, 0.4) is 0 Å². The summed E-state index contributed by atoms with van der Waals surface area (Å²) in [6, 6.07) is 9.88. The van der Waals surface area contributed by atoms with E-state index < -0.39 is 0 Å². The average Bonchev–Trinajstić information content (AvgIpc) is 2.87. The second-order valence-corrected chi connectivity index (χ2v) is 6.12. The summed E-state index contributed by atoms with van der Waals surface area (Å²) in [5.74, 6) is 1.34. The standard InChI is InChI=1S/C16H22N2OS/c1-4-17-10-14-16(12(2)3)18-15(20-14)11-19-13-8-6-5-7-9-13/h5-9,12,17H,4,10-11H2,1-3H3. The molecule has 1 aromatic heterocycles. The van der Waals surface area contributed by atoms with Gasteiger partial charge in [-0.25, -0.2) is 4.98 Å². The summed E-state index contributed by atoms with van der Waals surface area (Å²) < 4.78 is 5.77. The van der Waals surface area contributed by atoms with Gasteiger partial charge in [-0.1, -0.05) is 39.0 Å². The van der Waals surface area contributed by atoms with Gasteiger partial charge in [0.25, 0.3) is 0 Å². The molecule has 0 aliphatic carbocycles. The van der Waals surface area contributed by atoms with Crippen molar-refractivity contribution in [1.82, 2.24) is 10.3 Å². The first kappa shape index (κ1) is 15.0. The largest absolute Gasteiger partial charge is 0.486 e. The predicted octanol–water partition coefficient (Wildman–Crippen LogP) is 3.96. The zero-order valence-corrected chi connectivity index (χ0v) is 13.2.